The van der Waals surface area contributed by atoms with Gasteiger partial charge in [-0.3, -0.25) is 14.7 Å². The quantitative estimate of drug-likeness (QED) is 0.215. The van der Waals surface area contributed by atoms with Crippen molar-refractivity contribution in [2.75, 3.05) is 45.9 Å². The van der Waals surface area contributed by atoms with Crippen LogP contribution in [0.2, 0.25) is 0 Å². The molecule has 0 aliphatic carbocycles. The summed E-state index contributed by atoms with van der Waals surface area (Å²) in [5.74, 6) is 1.51. The van der Waals surface area contributed by atoms with Crippen LogP contribution in [0.3, 0.4) is 0 Å². The zero-order chi connectivity index (χ0) is 20.2. The van der Waals surface area contributed by atoms with Gasteiger partial charge in [0.2, 0.25) is 5.56 Å². The van der Waals surface area contributed by atoms with Crippen molar-refractivity contribution in [3.05, 3.63) is 34.7 Å². The molecule has 166 valence electrons. The minimum Gasteiger partial charge on any atom is -0.374 e. The van der Waals surface area contributed by atoms with E-state index in [-0.39, 0.29) is 35.6 Å². The molecule has 1 aromatic rings. The van der Waals surface area contributed by atoms with Crippen LogP contribution in [0.15, 0.2) is 34.2 Å². The lowest BCUT2D eigenvalue weighted by atomic mass is 10.2. The Balaban J connectivity index is 0.00000420. The molecular weight excluding hydrogens is 481 g/mol. The Morgan fingerprint density at radius 1 is 1.31 bits per heavy atom. The molecule has 1 fully saturated rings. The molecule has 0 bridgehead atoms. The van der Waals surface area contributed by atoms with Crippen LogP contribution < -0.4 is 16.2 Å². The number of morpholine rings is 1. The van der Waals surface area contributed by atoms with Crippen molar-refractivity contribution >= 4 is 29.9 Å². The lowest BCUT2D eigenvalue weighted by Crippen LogP contribution is -2.46. The van der Waals surface area contributed by atoms with Gasteiger partial charge in [0.25, 0.3) is 0 Å². The molecule has 8 heteroatoms. The van der Waals surface area contributed by atoms with Gasteiger partial charge in [-0.25, -0.2) is 0 Å². The highest BCUT2D eigenvalue weighted by molar-refractivity contribution is 14.0. The standard InChI is InChI=1S/C21H37N5O2.HI/c1-4-22-21(23-10-6-8-12-26-11-7-5-9-20(26)27)24-15-19-17-25(13-14-28-19)16-18(2)3;/h5,7,9,11,18-19H,4,6,8,10,12-17H2,1-3H3,(H2,22,23,24);1H. The molecule has 0 aromatic carbocycles. The number of nitrogens with one attached hydrogen (secondary N) is 2. The third-order valence-electron chi connectivity index (χ3n) is 4.66. The maximum absolute atomic E-state index is 11.7. The number of ether oxygens (including phenoxy) is 1. The van der Waals surface area contributed by atoms with Crippen molar-refractivity contribution in [3.8, 4) is 0 Å². The molecule has 7 nitrogen and oxygen atoms in total. The van der Waals surface area contributed by atoms with Gasteiger partial charge in [-0.05, 0) is 31.7 Å². The van der Waals surface area contributed by atoms with Gasteiger partial charge in [-0.15, -0.1) is 24.0 Å². The van der Waals surface area contributed by atoms with Crippen molar-refractivity contribution in [2.45, 2.75) is 46.3 Å². The fourth-order valence-electron chi connectivity index (χ4n) is 3.37. The van der Waals surface area contributed by atoms with Gasteiger partial charge in [0, 0.05) is 51.5 Å². The van der Waals surface area contributed by atoms with Crippen LogP contribution in [-0.4, -0.2) is 67.4 Å². The van der Waals surface area contributed by atoms with Crippen molar-refractivity contribution in [1.82, 2.24) is 20.1 Å². The summed E-state index contributed by atoms with van der Waals surface area (Å²) in [6.45, 7) is 13.5. The molecule has 0 amide bonds. The molecule has 1 unspecified atom stereocenters. The maximum atomic E-state index is 11.7. The van der Waals surface area contributed by atoms with Gasteiger partial charge < -0.3 is 19.9 Å². The number of halogens is 1. The van der Waals surface area contributed by atoms with E-state index in [1.165, 1.54) is 0 Å². The predicted octanol–water partition coefficient (Wildman–Crippen LogP) is 2.16. The van der Waals surface area contributed by atoms with Crippen LogP contribution in [-0.2, 0) is 11.3 Å². The lowest BCUT2D eigenvalue weighted by molar-refractivity contribution is -0.0261. The zero-order valence-electron chi connectivity index (χ0n) is 18.1. The van der Waals surface area contributed by atoms with Crippen LogP contribution >= 0.6 is 24.0 Å². The first-order valence-corrected chi connectivity index (χ1v) is 10.6. The van der Waals surface area contributed by atoms with Crippen molar-refractivity contribution in [1.29, 1.82) is 0 Å². The number of nitrogens with zero attached hydrogens (tertiary/aromatic N) is 3. The minimum absolute atomic E-state index is 0. The van der Waals surface area contributed by atoms with Gasteiger partial charge >= 0.3 is 0 Å². The molecule has 29 heavy (non-hydrogen) atoms. The van der Waals surface area contributed by atoms with E-state index in [1.807, 2.05) is 12.3 Å². The smallest absolute Gasteiger partial charge is 0.250 e. The van der Waals surface area contributed by atoms with Crippen molar-refractivity contribution in [3.63, 3.8) is 0 Å². The average Bonchev–Trinajstić information content (AvgIpc) is 2.67. The predicted molar refractivity (Wildman–Crippen MR) is 130 cm³/mol. The third-order valence-corrected chi connectivity index (χ3v) is 4.66. The van der Waals surface area contributed by atoms with E-state index in [4.69, 9.17) is 9.73 Å². The van der Waals surface area contributed by atoms with E-state index in [1.54, 1.807) is 16.7 Å². The van der Waals surface area contributed by atoms with E-state index in [9.17, 15) is 4.79 Å². The molecule has 1 aliphatic heterocycles. The Morgan fingerprint density at radius 3 is 2.86 bits per heavy atom. The second-order valence-corrected chi connectivity index (χ2v) is 7.73. The third kappa shape index (κ3) is 10.5. The van der Waals surface area contributed by atoms with Crippen molar-refractivity contribution in [2.24, 2.45) is 10.9 Å². The lowest BCUT2D eigenvalue weighted by Gasteiger charge is -2.33. The van der Waals surface area contributed by atoms with Crippen LogP contribution in [0.1, 0.15) is 33.6 Å². The first-order valence-electron chi connectivity index (χ1n) is 10.6. The van der Waals surface area contributed by atoms with E-state index < -0.39 is 0 Å². The summed E-state index contributed by atoms with van der Waals surface area (Å²) in [5.41, 5.74) is 0.0596. The number of guanidine groups is 1. The average molecular weight is 519 g/mol. The number of aliphatic imine (C=N–C) groups is 1. The van der Waals surface area contributed by atoms with Crippen molar-refractivity contribution < 1.29 is 4.74 Å². The van der Waals surface area contributed by atoms with Gasteiger partial charge in [0.1, 0.15) is 0 Å². The Kier molecular flexibility index (Phi) is 13.2. The fourth-order valence-corrected chi connectivity index (χ4v) is 3.37. The molecule has 1 aromatic heterocycles. The Hall–Kier alpha value is -1.13. The summed E-state index contributed by atoms with van der Waals surface area (Å²) in [6.07, 6.45) is 3.93. The summed E-state index contributed by atoms with van der Waals surface area (Å²) in [6, 6.07) is 5.27. The van der Waals surface area contributed by atoms with E-state index in [0.717, 1.165) is 64.7 Å². The molecule has 1 saturated heterocycles. The number of pyridine rings is 1. The molecule has 0 spiro atoms. The number of rotatable bonds is 10. The number of hydrogen-bond donors (Lipinski definition) is 2. The largest absolute Gasteiger partial charge is 0.374 e. The Labute approximate surface area is 192 Å². The summed E-state index contributed by atoms with van der Waals surface area (Å²) < 4.78 is 7.64. The molecule has 2 N–H and O–H groups in total. The second kappa shape index (κ2) is 14.8. The highest BCUT2D eigenvalue weighted by Crippen LogP contribution is 2.08. The topological polar surface area (TPSA) is 70.9 Å². The highest BCUT2D eigenvalue weighted by Gasteiger charge is 2.20. The van der Waals surface area contributed by atoms with Crippen LogP contribution in [0, 0.1) is 5.92 Å². The molecule has 2 heterocycles. The number of aryl methyl sites for hydroxylation is 1. The molecular formula is C21H38IN5O2. The van der Waals surface area contributed by atoms with Gasteiger partial charge in [0.05, 0.1) is 19.3 Å². The number of hydrogen-bond acceptors (Lipinski definition) is 4. The van der Waals surface area contributed by atoms with Gasteiger partial charge in [-0.1, -0.05) is 19.9 Å². The minimum atomic E-state index is 0. The summed E-state index contributed by atoms with van der Waals surface area (Å²) in [7, 11) is 0. The molecule has 0 radical (unpaired) electrons. The maximum Gasteiger partial charge on any atom is 0.250 e. The van der Waals surface area contributed by atoms with Crippen LogP contribution in [0.5, 0.6) is 0 Å². The number of aromatic nitrogens is 1. The first-order chi connectivity index (χ1) is 13.6. The number of unbranched alkanes of at least 4 members (excludes halogenated alkanes) is 1. The summed E-state index contributed by atoms with van der Waals surface area (Å²) >= 11 is 0. The first kappa shape index (κ1) is 25.9. The van der Waals surface area contributed by atoms with E-state index >= 15 is 0 Å². The zero-order valence-corrected chi connectivity index (χ0v) is 20.4. The molecule has 0 saturated carbocycles. The molecule has 1 aliphatic rings. The second-order valence-electron chi connectivity index (χ2n) is 7.73. The van der Waals surface area contributed by atoms with Crippen LogP contribution in [0.4, 0.5) is 0 Å². The SMILES string of the molecule is CCNC(=NCC1CN(CC(C)C)CCO1)NCCCCn1ccccc1=O.I. The summed E-state index contributed by atoms with van der Waals surface area (Å²) in [5, 5.41) is 6.68. The molecule has 2 rings (SSSR count). The Morgan fingerprint density at radius 2 is 2.14 bits per heavy atom. The van der Waals surface area contributed by atoms with Gasteiger partial charge in [-0.2, -0.15) is 0 Å². The van der Waals surface area contributed by atoms with E-state index in [0.29, 0.717) is 12.5 Å². The molecule has 1 atom stereocenters. The Bertz CT molecular complexity index is 650. The van der Waals surface area contributed by atoms with Gasteiger partial charge in [0.15, 0.2) is 5.96 Å². The highest BCUT2D eigenvalue weighted by atomic mass is 127. The fraction of sp³-hybridized carbons (Fsp3) is 0.714. The van der Waals surface area contributed by atoms with E-state index in [2.05, 4.69) is 36.3 Å². The monoisotopic (exact) mass is 519 g/mol. The normalized spacial score (nSPS) is 17.8. The van der Waals surface area contributed by atoms with Crippen LogP contribution in [0.25, 0.3) is 0 Å². The summed E-state index contributed by atoms with van der Waals surface area (Å²) in [4.78, 5) is 18.9.